The summed E-state index contributed by atoms with van der Waals surface area (Å²) in [6.07, 6.45) is 2.91. The van der Waals surface area contributed by atoms with Crippen LogP contribution < -0.4 is 5.73 Å². The number of hydrogen-bond acceptors (Lipinski definition) is 2. The highest BCUT2D eigenvalue weighted by Crippen LogP contribution is 2.49. The van der Waals surface area contributed by atoms with Crippen LogP contribution >= 0.6 is 0 Å². The van der Waals surface area contributed by atoms with Crippen molar-refractivity contribution in [3.63, 3.8) is 0 Å². The average molecular weight is 258 g/mol. The van der Waals surface area contributed by atoms with Crippen molar-refractivity contribution in [3.05, 3.63) is 35.9 Å². The zero-order valence-electron chi connectivity index (χ0n) is 11.5. The van der Waals surface area contributed by atoms with Crippen LogP contribution in [0.1, 0.15) is 31.7 Å². The van der Waals surface area contributed by atoms with Gasteiger partial charge in [-0.05, 0) is 30.7 Å². The van der Waals surface area contributed by atoms with E-state index in [4.69, 9.17) is 5.73 Å². The number of carbonyl (C=O) groups is 1. The third-order valence-corrected chi connectivity index (χ3v) is 4.74. The minimum absolute atomic E-state index is 0.220. The van der Waals surface area contributed by atoms with Crippen molar-refractivity contribution >= 4 is 5.91 Å². The molecule has 0 spiro atoms. The zero-order valence-corrected chi connectivity index (χ0v) is 11.5. The second-order valence-electron chi connectivity index (χ2n) is 6.13. The molecular weight excluding hydrogens is 236 g/mol. The molecule has 1 amide bonds. The molecule has 102 valence electrons. The summed E-state index contributed by atoms with van der Waals surface area (Å²) < 4.78 is 0. The van der Waals surface area contributed by atoms with Gasteiger partial charge in [-0.2, -0.15) is 0 Å². The molecule has 1 aromatic carbocycles. The number of hydrogen-bond donors (Lipinski definition) is 1. The number of nitrogens with two attached hydrogens (primary N) is 1. The van der Waals surface area contributed by atoms with Crippen LogP contribution in [-0.2, 0) is 10.2 Å². The highest BCUT2D eigenvalue weighted by atomic mass is 16.2. The van der Waals surface area contributed by atoms with Crippen molar-refractivity contribution in [2.75, 3.05) is 13.1 Å². The van der Waals surface area contributed by atoms with Gasteiger partial charge in [-0.1, -0.05) is 37.3 Å². The molecule has 19 heavy (non-hydrogen) atoms. The Hall–Kier alpha value is -1.35. The van der Waals surface area contributed by atoms with Gasteiger partial charge in [0.25, 0.3) is 0 Å². The van der Waals surface area contributed by atoms with Gasteiger partial charge >= 0.3 is 0 Å². The Balaban J connectivity index is 1.78. The van der Waals surface area contributed by atoms with Crippen LogP contribution in [0.15, 0.2) is 30.3 Å². The van der Waals surface area contributed by atoms with Crippen molar-refractivity contribution in [1.82, 2.24) is 4.90 Å². The second kappa shape index (κ2) is 4.64. The number of nitrogens with zero attached hydrogens (tertiary/aromatic N) is 1. The monoisotopic (exact) mass is 258 g/mol. The molecule has 0 bridgehead atoms. The molecule has 2 N–H and O–H groups in total. The molecular formula is C16H22N2O. The quantitative estimate of drug-likeness (QED) is 0.881. The minimum atomic E-state index is -0.220. The third-order valence-electron chi connectivity index (χ3n) is 4.74. The van der Waals surface area contributed by atoms with Gasteiger partial charge < -0.3 is 10.6 Å². The number of carbonyl (C=O) groups excluding carboxylic acids is 1. The predicted octanol–water partition coefficient (Wildman–Crippen LogP) is 1.91. The summed E-state index contributed by atoms with van der Waals surface area (Å²) in [6, 6.07) is 10.5. The summed E-state index contributed by atoms with van der Waals surface area (Å²) in [5.74, 6) is 0.724. The highest BCUT2D eigenvalue weighted by molar-refractivity contribution is 5.91. The van der Waals surface area contributed by atoms with Crippen LogP contribution in [0.3, 0.4) is 0 Å². The summed E-state index contributed by atoms with van der Waals surface area (Å²) in [7, 11) is 0. The molecule has 3 rings (SSSR count). The number of benzene rings is 1. The van der Waals surface area contributed by atoms with E-state index in [9.17, 15) is 4.79 Å². The van der Waals surface area contributed by atoms with Crippen LogP contribution in [0.4, 0.5) is 0 Å². The maximum Gasteiger partial charge on any atom is 0.233 e. The van der Waals surface area contributed by atoms with Crippen molar-refractivity contribution in [2.45, 2.75) is 37.6 Å². The molecule has 2 unspecified atom stereocenters. The van der Waals surface area contributed by atoms with Gasteiger partial charge in [0.15, 0.2) is 0 Å². The maximum absolute atomic E-state index is 12.8. The lowest BCUT2D eigenvalue weighted by atomic mass is 9.90. The standard InChI is InChI=1S/C16H22N2O/c1-12-11-18(10-7-14(12)17)15(19)16(8-9-16)13-5-3-2-4-6-13/h2-6,12,14H,7-11,17H2,1H3. The maximum atomic E-state index is 12.8. The lowest BCUT2D eigenvalue weighted by Gasteiger charge is -2.37. The summed E-state index contributed by atoms with van der Waals surface area (Å²) >= 11 is 0. The van der Waals surface area contributed by atoms with Crippen LogP contribution in [0, 0.1) is 5.92 Å². The van der Waals surface area contributed by atoms with Gasteiger partial charge in [-0.3, -0.25) is 4.79 Å². The van der Waals surface area contributed by atoms with Crippen molar-refractivity contribution in [1.29, 1.82) is 0 Å². The molecule has 2 atom stereocenters. The van der Waals surface area contributed by atoms with E-state index in [0.717, 1.165) is 32.4 Å². The summed E-state index contributed by atoms with van der Waals surface area (Å²) in [4.78, 5) is 14.9. The second-order valence-corrected chi connectivity index (χ2v) is 6.13. The molecule has 0 radical (unpaired) electrons. The largest absolute Gasteiger partial charge is 0.342 e. The van der Waals surface area contributed by atoms with E-state index in [-0.39, 0.29) is 11.5 Å². The molecule has 1 aromatic rings. The Morgan fingerprint density at radius 1 is 1.32 bits per heavy atom. The fourth-order valence-corrected chi connectivity index (χ4v) is 3.16. The molecule has 2 fully saturated rings. The fraction of sp³-hybridized carbons (Fsp3) is 0.562. The van der Waals surface area contributed by atoms with Crippen molar-refractivity contribution < 1.29 is 4.79 Å². The molecule has 1 saturated heterocycles. The number of rotatable bonds is 2. The van der Waals surface area contributed by atoms with E-state index in [1.165, 1.54) is 5.56 Å². The summed E-state index contributed by atoms with van der Waals surface area (Å²) in [5, 5.41) is 0. The fourth-order valence-electron chi connectivity index (χ4n) is 3.16. The Labute approximate surface area is 114 Å². The van der Waals surface area contributed by atoms with E-state index < -0.39 is 0 Å². The van der Waals surface area contributed by atoms with Crippen LogP contribution in [-0.4, -0.2) is 29.9 Å². The van der Waals surface area contributed by atoms with Gasteiger partial charge in [0.1, 0.15) is 0 Å². The lowest BCUT2D eigenvalue weighted by Crippen LogP contribution is -2.50. The Bertz CT molecular complexity index is 467. The van der Waals surface area contributed by atoms with Gasteiger partial charge in [0.05, 0.1) is 5.41 Å². The molecule has 2 aliphatic rings. The zero-order chi connectivity index (χ0) is 13.5. The first-order valence-corrected chi connectivity index (χ1v) is 7.24. The smallest absolute Gasteiger partial charge is 0.233 e. The normalized spacial score (nSPS) is 29.1. The molecule has 1 aliphatic heterocycles. The molecule has 1 aliphatic carbocycles. The predicted molar refractivity (Wildman–Crippen MR) is 75.7 cm³/mol. The first-order valence-electron chi connectivity index (χ1n) is 7.24. The third kappa shape index (κ3) is 2.16. The van der Waals surface area contributed by atoms with Gasteiger partial charge in [0.2, 0.25) is 5.91 Å². The Morgan fingerprint density at radius 3 is 2.58 bits per heavy atom. The molecule has 3 nitrogen and oxygen atoms in total. The summed E-state index contributed by atoms with van der Waals surface area (Å²) in [5.41, 5.74) is 7.00. The van der Waals surface area contributed by atoms with Crippen LogP contribution in [0.5, 0.6) is 0 Å². The lowest BCUT2D eigenvalue weighted by molar-refractivity contribution is -0.135. The number of amides is 1. The van der Waals surface area contributed by atoms with Crippen LogP contribution in [0.25, 0.3) is 0 Å². The molecule has 1 saturated carbocycles. The topological polar surface area (TPSA) is 46.3 Å². The molecule has 1 heterocycles. The van der Waals surface area contributed by atoms with E-state index in [1.54, 1.807) is 0 Å². The average Bonchev–Trinajstić information content (AvgIpc) is 3.24. The van der Waals surface area contributed by atoms with E-state index in [0.29, 0.717) is 11.8 Å². The van der Waals surface area contributed by atoms with Gasteiger partial charge in [-0.25, -0.2) is 0 Å². The first-order chi connectivity index (χ1) is 9.13. The van der Waals surface area contributed by atoms with Gasteiger partial charge in [0, 0.05) is 19.1 Å². The van der Waals surface area contributed by atoms with E-state index in [2.05, 4.69) is 19.1 Å². The Kier molecular flexibility index (Phi) is 3.09. The van der Waals surface area contributed by atoms with Crippen molar-refractivity contribution in [2.24, 2.45) is 11.7 Å². The number of likely N-dealkylation sites (tertiary alicyclic amines) is 1. The first kappa shape index (κ1) is 12.7. The molecule has 0 aromatic heterocycles. The van der Waals surface area contributed by atoms with E-state index >= 15 is 0 Å². The SMILES string of the molecule is CC1CN(C(=O)C2(c3ccccc3)CC2)CCC1N. The minimum Gasteiger partial charge on any atom is -0.342 e. The number of piperidine rings is 1. The van der Waals surface area contributed by atoms with E-state index in [1.807, 2.05) is 23.1 Å². The van der Waals surface area contributed by atoms with Crippen molar-refractivity contribution in [3.8, 4) is 0 Å². The highest BCUT2D eigenvalue weighted by Gasteiger charge is 2.53. The Morgan fingerprint density at radius 2 is 2.00 bits per heavy atom. The van der Waals surface area contributed by atoms with Crippen LogP contribution in [0.2, 0.25) is 0 Å². The van der Waals surface area contributed by atoms with Gasteiger partial charge in [-0.15, -0.1) is 0 Å². The molecule has 3 heteroatoms. The summed E-state index contributed by atoms with van der Waals surface area (Å²) in [6.45, 7) is 3.78.